The van der Waals surface area contributed by atoms with Crippen molar-refractivity contribution >= 4 is 10.0 Å². The van der Waals surface area contributed by atoms with Crippen LogP contribution in [0.25, 0.3) is 0 Å². The van der Waals surface area contributed by atoms with Crippen LogP contribution in [-0.2, 0) is 10.0 Å². The molecule has 1 rings (SSSR count). The van der Waals surface area contributed by atoms with Crippen molar-refractivity contribution in [2.45, 2.75) is 38.0 Å². The van der Waals surface area contributed by atoms with Crippen LogP contribution in [0.1, 0.15) is 30.4 Å². The van der Waals surface area contributed by atoms with Crippen LogP contribution in [0, 0.1) is 13.8 Å². The highest BCUT2D eigenvalue weighted by molar-refractivity contribution is 7.89. The van der Waals surface area contributed by atoms with Crippen molar-refractivity contribution in [1.82, 2.24) is 4.31 Å². The zero-order chi connectivity index (χ0) is 14.5. The first-order chi connectivity index (χ1) is 8.87. The van der Waals surface area contributed by atoms with Gasteiger partial charge in [-0.05, 0) is 56.4 Å². The normalized spacial score (nSPS) is 12.1. The van der Waals surface area contributed by atoms with Gasteiger partial charge in [-0.1, -0.05) is 6.07 Å². The number of nitrogens with zero attached hydrogens (tertiary/aromatic N) is 1. The third-order valence-electron chi connectivity index (χ3n) is 3.03. The lowest BCUT2D eigenvalue weighted by Crippen LogP contribution is -2.28. The highest BCUT2D eigenvalue weighted by Gasteiger charge is 2.20. The van der Waals surface area contributed by atoms with Gasteiger partial charge in [-0.25, -0.2) is 12.7 Å². The Morgan fingerprint density at radius 2 is 1.63 bits per heavy atom. The molecular formula is C14H23NO3S. The molecule has 19 heavy (non-hydrogen) atoms. The number of hydrogen-bond donors (Lipinski definition) is 1. The van der Waals surface area contributed by atoms with Crippen LogP contribution in [0.4, 0.5) is 0 Å². The Kier molecular flexibility index (Phi) is 5.97. The van der Waals surface area contributed by atoms with Crippen molar-refractivity contribution in [3.05, 3.63) is 29.3 Å². The summed E-state index contributed by atoms with van der Waals surface area (Å²) in [5.41, 5.74) is 1.90. The molecule has 0 bridgehead atoms. The first-order valence-corrected chi connectivity index (χ1v) is 7.97. The SMILES string of the molecule is Cc1cc(C)cc(S(=O)(=O)N(C)CCCCCO)c1. The summed E-state index contributed by atoms with van der Waals surface area (Å²) in [6.45, 7) is 4.43. The predicted molar refractivity (Wildman–Crippen MR) is 76.7 cm³/mol. The molecule has 0 heterocycles. The third-order valence-corrected chi connectivity index (χ3v) is 4.87. The van der Waals surface area contributed by atoms with Gasteiger partial charge in [0.25, 0.3) is 0 Å². The van der Waals surface area contributed by atoms with Crippen LogP contribution in [0.15, 0.2) is 23.1 Å². The average Bonchev–Trinajstić information content (AvgIpc) is 2.33. The number of rotatable bonds is 7. The summed E-state index contributed by atoms with van der Waals surface area (Å²) < 4.78 is 26.1. The molecule has 0 spiro atoms. The number of hydrogen-bond acceptors (Lipinski definition) is 3. The Labute approximate surface area is 116 Å². The maximum atomic E-state index is 12.4. The minimum Gasteiger partial charge on any atom is -0.396 e. The topological polar surface area (TPSA) is 57.6 Å². The second-order valence-electron chi connectivity index (χ2n) is 4.93. The van der Waals surface area contributed by atoms with Crippen LogP contribution in [0.5, 0.6) is 0 Å². The first kappa shape index (κ1) is 16.1. The van der Waals surface area contributed by atoms with Gasteiger partial charge >= 0.3 is 0 Å². The van der Waals surface area contributed by atoms with Crippen LogP contribution < -0.4 is 0 Å². The van der Waals surface area contributed by atoms with E-state index in [0.717, 1.165) is 30.4 Å². The molecule has 1 N–H and O–H groups in total. The molecule has 0 fully saturated rings. The maximum absolute atomic E-state index is 12.4. The number of benzene rings is 1. The molecule has 0 aliphatic rings. The van der Waals surface area contributed by atoms with E-state index in [-0.39, 0.29) is 6.61 Å². The molecule has 0 saturated carbocycles. The fourth-order valence-electron chi connectivity index (χ4n) is 2.01. The van der Waals surface area contributed by atoms with Gasteiger partial charge in [0.2, 0.25) is 10.0 Å². The minimum absolute atomic E-state index is 0.160. The number of aliphatic hydroxyl groups is 1. The minimum atomic E-state index is -3.40. The van der Waals surface area contributed by atoms with E-state index in [0.29, 0.717) is 11.4 Å². The second-order valence-corrected chi connectivity index (χ2v) is 6.98. The largest absolute Gasteiger partial charge is 0.396 e. The Balaban J connectivity index is 2.79. The number of aliphatic hydroxyl groups excluding tert-OH is 1. The summed E-state index contributed by atoms with van der Waals surface area (Å²) in [4.78, 5) is 0.356. The first-order valence-electron chi connectivity index (χ1n) is 6.53. The number of sulfonamides is 1. The zero-order valence-corrected chi connectivity index (χ0v) is 12.7. The van der Waals surface area contributed by atoms with Crippen molar-refractivity contribution in [1.29, 1.82) is 0 Å². The van der Waals surface area contributed by atoms with E-state index >= 15 is 0 Å². The van der Waals surface area contributed by atoms with Gasteiger partial charge in [0.1, 0.15) is 0 Å². The molecule has 0 saturated heterocycles. The van der Waals surface area contributed by atoms with Crippen LogP contribution >= 0.6 is 0 Å². The summed E-state index contributed by atoms with van der Waals surface area (Å²) >= 11 is 0. The van der Waals surface area contributed by atoms with Crippen LogP contribution in [0.3, 0.4) is 0 Å². The summed E-state index contributed by atoms with van der Waals surface area (Å²) in [6, 6.07) is 5.36. The van der Waals surface area contributed by atoms with Crippen molar-refractivity contribution in [3.8, 4) is 0 Å². The summed E-state index contributed by atoms with van der Waals surface area (Å²) in [7, 11) is -1.80. The molecule has 0 radical (unpaired) electrons. The Hall–Kier alpha value is -0.910. The van der Waals surface area contributed by atoms with E-state index in [1.165, 1.54) is 4.31 Å². The van der Waals surface area contributed by atoms with Gasteiger partial charge in [-0.3, -0.25) is 0 Å². The average molecular weight is 285 g/mol. The molecule has 0 unspecified atom stereocenters. The summed E-state index contributed by atoms with van der Waals surface area (Å²) in [6.07, 6.45) is 2.32. The number of aryl methyl sites for hydroxylation is 2. The van der Waals surface area contributed by atoms with Crippen LogP contribution in [0.2, 0.25) is 0 Å². The van der Waals surface area contributed by atoms with Gasteiger partial charge in [-0.15, -0.1) is 0 Å². The van der Waals surface area contributed by atoms with Gasteiger partial charge in [0.15, 0.2) is 0 Å². The van der Waals surface area contributed by atoms with Gasteiger partial charge in [0, 0.05) is 20.2 Å². The molecule has 1 aromatic rings. The van der Waals surface area contributed by atoms with Crippen molar-refractivity contribution in [2.75, 3.05) is 20.2 Å². The summed E-state index contributed by atoms with van der Waals surface area (Å²) in [5, 5.41) is 8.70. The molecule has 5 heteroatoms. The van der Waals surface area contributed by atoms with Gasteiger partial charge in [0.05, 0.1) is 4.90 Å². The van der Waals surface area contributed by atoms with E-state index in [1.54, 1.807) is 19.2 Å². The Bertz CT molecular complexity index is 491. The molecule has 1 aromatic carbocycles. The summed E-state index contributed by atoms with van der Waals surface area (Å²) in [5.74, 6) is 0. The highest BCUT2D eigenvalue weighted by Crippen LogP contribution is 2.18. The molecular weight excluding hydrogens is 262 g/mol. The lowest BCUT2D eigenvalue weighted by atomic mass is 10.2. The standard InChI is InChI=1S/C14H23NO3S/c1-12-9-13(2)11-14(10-12)19(17,18)15(3)7-5-4-6-8-16/h9-11,16H,4-8H2,1-3H3. The fraction of sp³-hybridized carbons (Fsp3) is 0.571. The molecule has 0 aliphatic heterocycles. The predicted octanol–water partition coefficient (Wildman–Crippen LogP) is 2.09. The molecule has 108 valence electrons. The Morgan fingerprint density at radius 1 is 1.05 bits per heavy atom. The number of unbranched alkanes of at least 4 members (excludes halogenated alkanes) is 2. The van der Waals surface area contributed by atoms with Gasteiger partial charge in [-0.2, -0.15) is 0 Å². The molecule has 4 nitrogen and oxygen atoms in total. The van der Waals surface area contributed by atoms with Crippen LogP contribution in [-0.4, -0.2) is 38.0 Å². The molecule has 0 aromatic heterocycles. The van der Waals surface area contributed by atoms with Gasteiger partial charge < -0.3 is 5.11 Å². The quantitative estimate of drug-likeness (QED) is 0.780. The van der Waals surface area contributed by atoms with E-state index in [2.05, 4.69) is 0 Å². The zero-order valence-electron chi connectivity index (χ0n) is 11.9. The van der Waals surface area contributed by atoms with E-state index in [1.807, 2.05) is 19.9 Å². The van der Waals surface area contributed by atoms with Crippen molar-refractivity contribution < 1.29 is 13.5 Å². The molecule has 0 atom stereocenters. The molecule has 0 aliphatic carbocycles. The lowest BCUT2D eigenvalue weighted by molar-refractivity contribution is 0.281. The molecule has 0 amide bonds. The van der Waals surface area contributed by atoms with E-state index in [9.17, 15) is 8.42 Å². The van der Waals surface area contributed by atoms with Crippen molar-refractivity contribution in [2.24, 2.45) is 0 Å². The monoisotopic (exact) mass is 285 g/mol. The lowest BCUT2D eigenvalue weighted by Gasteiger charge is -2.17. The van der Waals surface area contributed by atoms with E-state index < -0.39 is 10.0 Å². The smallest absolute Gasteiger partial charge is 0.242 e. The van der Waals surface area contributed by atoms with Crippen molar-refractivity contribution in [3.63, 3.8) is 0 Å². The maximum Gasteiger partial charge on any atom is 0.242 e. The fourth-order valence-corrected chi connectivity index (χ4v) is 3.40. The van der Waals surface area contributed by atoms with E-state index in [4.69, 9.17) is 5.11 Å². The second kappa shape index (κ2) is 7.03. The highest BCUT2D eigenvalue weighted by atomic mass is 32.2. The Morgan fingerprint density at radius 3 is 2.16 bits per heavy atom. The third kappa shape index (κ3) is 4.60.